The van der Waals surface area contributed by atoms with E-state index in [0.29, 0.717) is 6.04 Å². The molecule has 0 unspecified atom stereocenters. The molecule has 84 valence electrons. The van der Waals surface area contributed by atoms with Gasteiger partial charge in [0.05, 0.1) is 0 Å². The Morgan fingerprint density at radius 1 is 1.36 bits per heavy atom. The predicted molar refractivity (Wildman–Crippen MR) is 62.3 cm³/mol. The maximum Gasteiger partial charge on any atom is 0.00631 e. The number of nitrogens with zero attached hydrogens (tertiary/aromatic N) is 1. The highest BCUT2D eigenvalue weighted by atomic mass is 15.1. The molecule has 1 saturated heterocycles. The summed E-state index contributed by atoms with van der Waals surface area (Å²) in [6.45, 7) is 8.37. The highest BCUT2D eigenvalue weighted by molar-refractivity contribution is 4.75. The molecule has 0 spiro atoms. The van der Waals surface area contributed by atoms with Gasteiger partial charge in [0, 0.05) is 12.6 Å². The van der Waals surface area contributed by atoms with Crippen LogP contribution >= 0.6 is 0 Å². The molecule has 1 aliphatic rings. The Bertz CT molecular complexity index is 139. The van der Waals surface area contributed by atoms with Crippen molar-refractivity contribution in [1.82, 2.24) is 4.90 Å². The molecule has 2 nitrogen and oxygen atoms in total. The van der Waals surface area contributed by atoms with Gasteiger partial charge in [0.15, 0.2) is 0 Å². The molecule has 1 heterocycles. The minimum Gasteiger partial charge on any atom is -0.328 e. The second-order valence-corrected chi connectivity index (χ2v) is 4.89. The highest BCUT2D eigenvalue weighted by Gasteiger charge is 2.17. The summed E-state index contributed by atoms with van der Waals surface area (Å²) in [6.07, 6.45) is 6.49. The Kier molecular flexibility index (Phi) is 5.49. The molecular weight excluding hydrogens is 172 g/mol. The van der Waals surface area contributed by atoms with Crippen molar-refractivity contribution in [3.05, 3.63) is 0 Å². The number of nitrogens with two attached hydrogens (primary N) is 1. The van der Waals surface area contributed by atoms with Crippen molar-refractivity contribution in [2.24, 2.45) is 11.7 Å². The molecule has 0 aliphatic carbocycles. The van der Waals surface area contributed by atoms with E-state index in [4.69, 9.17) is 5.73 Å². The van der Waals surface area contributed by atoms with Crippen LogP contribution in [0.2, 0.25) is 0 Å². The summed E-state index contributed by atoms with van der Waals surface area (Å²) in [5.41, 5.74) is 5.88. The van der Waals surface area contributed by atoms with Crippen molar-refractivity contribution in [3.63, 3.8) is 0 Å². The molecule has 2 heteroatoms. The molecule has 0 aromatic heterocycles. The zero-order valence-electron chi connectivity index (χ0n) is 9.84. The largest absolute Gasteiger partial charge is 0.328 e. The Morgan fingerprint density at radius 2 is 2.00 bits per heavy atom. The van der Waals surface area contributed by atoms with Crippen LogP contribution in [0.4, 0.5) is 0 Å². The van der Waals surface area contributed by atoms with Crippen molar-refractivity contribution in [3.8, 4) is 0 Å². The first-order valence-electron chi connectivity index (χ1n) is 6.20. The maximum atomic E-state index is 5.88. The van der Waals surface area contributed by atoms with Crippen LogP contribution in [0, 0.1) is 5.92 Å². The molecule has 0 saturated carbocycles. The first kappa shape index (κ1) is 12.0. The third-order valence-electron chi connectivity index (χ3n) is 3.25. The number of unbranched alkanes of at least 4 members (excludes halogenated alkanes) is 1. The van der Waals surface area contributed by atoms with Gasteiger partial charge in [0.25, 0.3) is 0 Å². The van der Waals surface area contributed by atoms with Crippen molar-refractivity contribution in [2.75, 3.05) is 19.6 Å². The van der Waals surface area contributed by atoms with Gasteiger partial charge in [0.1, 0.15) is 0 Å². The van der Waals surface area contributed by atoms with E-state index >= 15 is 0 Å². The van der Waals surface area contributed by atoms with Gasteiger partial charge in [-0.25, -0.2) is 0 Å². The van der Waals surface area contributed by atoms with Gasteiger partial charge in [-0.15, -0.1) is 0 Å². The minimum atomic E-state index is 0.470. The van der Waals surface area contributed by atoms with Crippen LogP contribution in [0.15, 0.2) is 0 Å². The molecule has 0 aromatic rings. The third kappa shape index (κ3) is 4.43. The molecule has 0 aromatic carbocycles. The molecule has 1 rings (SSSR count). The quantitative estimate of drug-likeness (QED) is 0.734. The van der Waals surface area contributed by atoms with Gasteiger partial charge in [0.2, 0.25) is 0 Å². The van der Waals surface area contributed by atoms with E-state index in [0.717, 1.165) is 5.92 Å². The van der Waals surface area contributed by atoms with E-state index in [1.54, 1.807) is 0 Å². The zero-order chi connectivity index (χ0) is 10.4. The van der Waals surface area contributed by atoms with Gasteiger partial charge in [-0.1, -0.05) is 26.7 Å². The lowest BCUT2D eigenvalue weighted by Gasteiger charge is -2.32. The fourth-order valence-corrected chi connectivity index (χ4v) is 2.22. The molecule has 1 fully saturated rings. The van der Waals surface area contributed by atoms with Gasteiger partial charge in [-0.05, 0) is 38.3 Å². The molecule has 0 bridgehead atoms. The second kappa shape index (κ2) is 6.41. The van der Waals surface area contributed by atoms with Crippen LogP contribution < -0.4 is 5.73 Å². The van der Waals surface area contributed by atoms with E-state index in [2.05, 4.69) is 18.7 Å². The van der Waals surface area contributed by atoms with E-state index in [-0.39, 0.29) is 0 Å². The van der Waals surface area contributed by atoms with E-state index in [1.807, 2.05) is 0 Å². The number of rotatable bonds is 5. The van der Waals surface area contributed by atoms with E-state index < -0.39 is 0 Å². The number of hydrogen-bond donors (Lipinski definition) is 1. The first-order valence-corrected chi connectivity index (χ1v) is 6.20. The standard InChI is InChI=1S/C12H26N2/c1-3-4-5-11(2)10-14-8-6-12(13)7-9-14/h11-12H,3-10,13H2,1-2H3/t11-/m0/s1. The predicted octanol–water partition coefficient (Wildman–Crippen LogP) is 2.24. The zero-order valence-corrected chi connectivity index (χ0v) is 9.84. The highest BCUT2D eigenvalue weighted by Crippen LogP contribution is 2.14. The number of likely N-dealkylation sites (tertiary alicyclic amines) is 1. The lowest BCUT2D eigenvalue weighted by atomic mass is 10.0. The number of piperidine rings is 1. The fraction of sp³-hybridized carbons (Fsp3) is 1.00. The average Bonchev–Trinajstić information content (AvgIpc) is 2.18. The summed E-state index contributed by atoms with van der Waals surface area (Å²) in [6, 6.07) is 0.470. The Hall–Kier alpha value is -0.0800. The summed E-state index contributed by atoms with van der Waals surface area (Å²) in [5.74, 6) is 0.865. The van der Waals surface area contributed by atoms with Crippen molar-refractivity contribution in [2.45, 2.75) is 52.0 Å². The summed E-state index contributed by atoms with van der Waals surface area (Å²) in [7, 11) is 0. The van der Waals surface area contributed by atoms with Crippen molar-refractivity contribution >= 4 is 0 Å². The third-order valence-corrected chi connectivity index (χ3v) is 3.25. The van der Waals surface area contributed by atoms with Crippen molar-refractivity contribution < 1.29 is 0 Å². The Labute approximate surface area is 88.8 Å². The van der Waals surface area contributed by atoms with Crippen LogP contribution in [-0.2, 0) is 0 Å². The van der Waals surface area contributed by atoms with E-state index in [9.17, 15) is 0 Å². The van der Waals surface area contributed by atoms with E-state index in [1.165, 1.54) is 51.7 Å². The lowest BCUT2D eigenvalue weighted by Crippen LogP contribution is -2.41. The fourth-order valence-electron chi connectivity index (χ4n) is 2.22. The SMILES string of the molecule is CCCC[C@H](C)CN1CCC(N)CC1. The summed E-state index contributed by atoms with van der Waals surface area (Å²) >= 11 is 0. The summed E-state index contributed by atoms with van der Waals surface area (Å²) < 4.78 is 0. The Morgan fingerprint density at radius 3 is 2.57 bits per heavy atom. The van der Waals surface area contributed by atoms with Crippen LogP contribution in [-0.4, -0.2) is 30.6 Å². The molecule has 2 N–H and O–H groups in total. The Balaban J connectivity index is 2.10. The molecule has 0 amide bonds. The van der Waals surface area contributed by atoms with Crippen LogP contribution in [0.25, 0.3) is 0 Å². The maximum absolute atomic E-state index is 5.88. The molecule has 1 aliphatic heterocycles. The molecular formula is C12H26N2. The molecule has 14 heavy (non-hydrogen) atoms. The van der Waals surface area contributed by atoms with Crippen LogP contribution in [0.5, 0.6) is 0 Å². The van der Waals surface area contributed by atoms with Crippen LogP contribution in [0.3, 0.4) is 0 Å². The summed E-state index contributed by atoms with van der Waals surface area (Å²) in [4.78, 5) is 2.59. The van der Waals surface area contributed by atoms with Gasteiger partial charge < -0.3 is 10.6 Å². The monoisotopic (exact) mass is 198 g/mol. The lowest BCUT2D eigenvalue weighted by molar-refractivity contribution is 0.184. The normalized spacial score (nSPS) is 22.5. The topological polar surface area (TPSA) is 29.3 Å². The van der Waals surface area contributed by atoms with Gasteiger partial charge in [-0.3, -0.25) is 0 Å². The first-order chi connectivity index (χ1) is 6.72. The van der Waals surface area contributed by atoms with Gasteiger partial charge in [-0.2, -0.15) is 0 Å². The summed E-state index contributed by atoms with van der Waals surface area (Å²) in [5, 5.41) is 0. The minimum absolute atomic E-state index is 0.470. The smallest absolute Gasteiger partial charge is 0.00631 e. The average molecular weight is 198 g/mol. The van der Waals surface area contributed by atoms with Crippen LogP contribution in [0.1, 0.15) is 46.0 Å². The van der Waals surface area contributed by atoms with Crippen molar-refractivity contribution in [1.29, 1.82) is 0 Å². The number of hydrogen-bond acceptors (Lipinski definition) is 2. The molecule has 1 atom stereocenters. The van der Waals surface area contributed by atoms with Gasteiger partial charge >= 0.3 is 0 Å². The molecule has 0 radical (unpaired) electrons. The second-order valence-electron chi connectivity index (χ2n) is 4.89.